The molecular formula is C28H31N3O4. The molecule has 7 heteroatoms. The first-order valence-electron chi connectivity index (χ1n) is 11.8. The number of anilines is 2. The number of allylic oxidation sites excluding steroid dienone is 1. The van der Waals surface area contributed by atoms with E-state index in [9.17, 15) is 9.59 Å². The third-order valence-corrected chi connectivity index (χ3v) is 5.52. The molecule has 1 aliphatic rings. The average molecular weight is 474 g/mol. The predicted octanol–water partition coefficient (Wildman–Crippen LogP) is 5.56. The van der Waals surface area contributed by atoms with Gasteiger partial charge < -0.3 is 14.4 Å². The van der Waals surface area contributed by atoms with Crippen molar-refractivity contribution < 1.29 is 19.1 Å². The van der Waals surface area contributed by atoms with Crippen LogP contribution in [0, 0.1) is 5.41 Å². The summed E-state index contributed by atoms with van der Waals surface area (Å²) in [7, 11) is 0. The number of aromatic nitrogens is 1. The monoisotopic (exact) mass is 473 g/mol. The molecule has 1 amide bonds. The molecule has 0 bridgehead atoms. The predicted molar refractivity (Wildman–Crippen MR) is 139 cm³/mol. The molecule has 4 rings (SSSR count). The normalized spacial score (nSPS) is 14.3. The zero-order chi connectivity index (χ0) is 24.8. The number of pyridine rings is 1. The van der Waals surface area contributed by atoms with Gasteiger partial charge in [-0.05, 0) is 54.0 Å². The zero-order valence-corrected chi connectivity index (χ0v) is 20.4. The van der Waals surface area contributed by atoms with Crippen LogP contribution in [0.25, 0.3) is 17.0 Å². The molecule has 0 unspecified atom stereocenters. The van der Waals surface area contributed by atoms with Crippen LogP contribution in [0.5, 0.6) is 0 Å². The molecule has 182 valence electrons. The van der Waals surface area contributed by atoms with E-state index in [4.69, 9.17) is 14.5 Å². The Morgan fingerprint density at radius 3 is 2.51 bits per heavy atom. The van der Waals surface area contributed by atoms with Gasteiger partial charge in [-0.15, -0.1) is 0 Å². The first kappa shape index (κ1) is 24.4. The van der Waals surface area contributed by atoms with Crippen molar-refractivity contribution in [3.8, 4) is 0 Å². The van der Waals surface area contributed by atoms with E-state index in [0.29, 0.717) is 31.1 Å². The van der Waals surface area contributed by atoms with Crippen molar-refractivity contribution in [2.75, 3.05) is 43.1 Å². The number of rotatable bonds is 6. The summed E-state index contributed by atoms with van der Waals surface area (Å²) in [6.45, 7) is 9.32. The molecule has 1 aromatic heterocycles. The summed E-state index contributed by atoms with van der Waals surface area (Å²) in [6, 6.07) is 16.8. The fourth-order valence-corrected chi connectivity index (χ4v) is 3.74. The highest BCUT2D eigenvalue weighted by Gasteiger charge is 2.16. The molecule has 1 saturated heterocycles. The maximum absolute atomic E-state index is 12.8. The molecule has 0 spiro atoms. The van der Waals surface area contributed by atoms with Crippen molar-refractivity contribution in [1.82, 2.24) is 4.98 Å². The summed E-state index contributed by atoms with van der Waals surface area (Å²) in [5.74, 6) is -0.144. The van der Waals surface area contributed by atoms with Gasteiger partial charge in [0, 0.05) is 35.4 Å². The summed E-state index contributed by atoms with van der Waals surface area (Å²) in [5, 5.41) is 3.76. The molecule has 0 atom stereocenters. The number of carbonyl (C=O) groups excluding carboxylic acids is 2. The van der Waals surface area contributed by atoms with Crippen LogP contribution in [0.4, 0.5) is 16.2 Å². The molecule has 2 heterocycles. The number of hydrogen-bond acceptors (Lipinski definition) is 6. The van der Waals surface area contributed by atoms with Crippen LogP contribution in [0.2, 0.25) is 0 Å². The van der Waals surface area contributed by atoms with Crippen molar-refractivity contribution >= 4 is 40.2 Å². The summed E-state index contributed by atoms with van der Waals surface area (Å²) in [5.41, 5.74) is 3.68. The molecule has 35 heavy (non-hydrogen) atoms. The van der Waals surface area contributed by atoms with Gasteiger partial charge in [0.25, 0.3) is 0 Å². The lowest BCUT2D eigenvalue weighted by molar-refractivity contribution is 0.104. The molecule has 1 N–H and O–H groups in total. The minimum Gasteiger partial charge on any atom is -0.449 e. The Hall–Kier alpha value is -3.71. The summed E-state index contributed by atoms with van der Waals surface area (Å²) < 4.78 is 10.7. The highest BCUT2D eigenvalue weighted by Crippen LogP contribution is 2.28. The number of benzene rings is 2. The van der Waals surface area contributed by atoms with E-state index >= 15 is 0 Å². The van der Waals surface area contributed by atoms with Crippen LogP contribution in [-0.4, -0.2) is 49.8 Å². The average Bonchev–Trinajstić information content (AvgIpc) is 2.86. The number of para-hydroxylation sites is 1. The lowest BCUT2D eigenvalue weighted by Crippen LogP contribution is -2.36. The molecule has 1 aliphatic heterocycles. The van der Waals surface area contributed by atoms with E-state index in [1.54, 1.807) is 30.3 Å². The Balaban J connectivity index is 1.45. The van der Waals surface area contributed by atoms with Crippen LogP contribution in [-0.2, 0) is 9.47 Å². The van der Waals surface area contributed by atoms with Gasteiger partial charge in [-0.2, -0.15) is 0 Å². The number of hydrogen-bond donors (Lipinski definition) is 1. The number of ketones is 1. The molecule has 2 aromatic carbocycles. The van der Waals surface area contributed by atoms with Gasteiger partial charge >= 0.3 is 6.09 Å². The number of nitrogens with one attached hydrogen (secondary N) is 1. The van der Waals surface area contributed by atoms with Gasteiger partial charge in [-0.3, -0.25) is 10.1 Å². The number of ether oxygens (including phenoxy) is 2. The second-order valence-corrected chi connectivity index (χ2v) is 9.72. The lowest BCUT2D eigenvalue weighted by atomic mass is 9.99. The number of carbonyl (C=O) groups is 2. The number of amides is 1. The van der Waals surface area contributed by atoms with Crippen LogP contribution in [0.3, 0.4) is 0 Å². The molecule has 0 radical (unpaired) electrons. The van der Waals surface area contributed by atoms with Crippen molar-refractivity contribution in [3.63, 3.8) is 0 Å². The third kappa shape index (κ3) is 6.67. The number of nitrogens with zero attached hydrogens (tertiary/aromatic N) is 2. The summed E-state index contributed by atoms with van der Waals surface area (Å²) >= 11 is 0. The quantitative estimate of drug-likeness (QED) is 0.373. The van der Waals surface area contributed by atoms with Crippen molar-refractivity contribution in [2.45, 2.75) is 20.8 Å². The van der Waals surface area contributed by atoms with Gasteiger partial charge in [-0.25, -0.2) is 9.78 Å². The maximum atomic E-state index is 12.8. The first-order valence-corrected chi connectivity index (χ1v) is 11.8. The largest absolute Gasteiger partial charge is 0.449 e. The summed E-state index contributed by atoms with van der Waals surface area (Å²) in [6.07, 6.45) is 2.76. The summed E-state index contributed by atoms with van der Waals surface area (Å²) in [4.78, 5) is 31.7. The molecule has 0 aliphatic carbocycles. The first-order chi connectivity index (χ1) is 16.8. The van der Waals surface area contributed by atoms with Gasteiger partial charge in [-0.1, -0.05) is 39.0 Å². The maximum Gasteiger partial charge on any atom is 0.411 e. The number of fused-ring (bicyclic) bond motifs is 1. The molecule has 3 aromatic rings. The zero-order valence-electron chi connectivity index (χ0n) is 20.4. The second kappa shape index (κ2) is 10.7. The van der Waals surface area contributed by atoms with Crippen molar-refractivity contribution in [1.29, 1.82) is 0 Å². The Bertz CT molecular complexity index is 1220. The van der Waals surface area contributed by atoms with E-state index in [0.717, 1.165) is 35.4 Å². The van der Waals surface area contributed by atoms with Crippen LogP contribution in [0.1, 0.15) is 36.8 Å². The fourth-order valence-electron chi connectivity index (χ4n) is 3.74. The van der Waals surface area contributed by atoms with Crippen LogP contribution in [0.15, 0.2) is 60.7 Å². The highest BCUT2D eigenvalue weighted by molar-refractivity contribution is 6.07. The second-order valence-electron chi connectivity index (χ2n) is 9.72. The van der Waals surface area contributed by atoms with Crippen molar-refractivity contribution in [2.24, 2.45) is 5.41 Å². The fraction of sp³-hybridized carbons (Fsp3) is 0.321. The third-order valence-electron chi connectivity index (χ3n) is 5.52. The highest BCUT2D eigenvalue weighted by atomic mass is 16.5. The lowest BCUT2D eigenvalue weighted by Gasteiger charge is -2.30. The van der Waals surface area contributed by atoms with E-state index in [1.165, 1.54) is 6.08 Å². The van der Waals surface area contributed by atoms with E-state index in [2.05, 4.69) is 16.3 Å². The van der Waals surface area contributed by atoms with E-state index in [-0.39, 0.29) is 11.2 Å². The SMILES string of the molecule is CC(C)(C)COC(=O)Nc1ccc(C(=O)/C=C/c2cc(N3CCOCC3)c3ccccc3n2)cc1. The van der Waals surface area contributed by atoms with E-state index < -0.39 is 6.09 Å². The van der Waals surface area contributed by atoms with E-state index in [1.807, 2.05) is 45.0 Å². The molecule has 7 nitrogen and oxygen atoms in total. The van der Waals surface area contributed by atoms with Crippen LogP contribution < -0.4 is 10.2 Å². The van der Waals surface area contributed by atoms with Crippen LogP contribution >= 0.6 is 0 Å². The number of morpholine rings is 1. The molecule has 0 saturated carbocycles. The van der Waals surface area contributed by atoms with Gasteiger partial charge in [0.2, 0.25) is 0 Å². The van der Waals surface area contributed by atoms with Crippen molar-refractivity contribution in [3.05, 3.63) is 71.9 Å². The van der Waals surface area contributed by atoms with Gasteiger partial charge in [0.15, 0.2) is 5.78 Å². The Morgan fingerprint density at radius 1 is 1.09 bits per heavy atom. The van der Waals surface area contributed by atoms with Gasteiger partial charge in [0.05, 0.1) is 31.0 Å². The smallest absolute Gasteiger partial charge is 0.411 e. The Kier molecular flexibility index (Phi) is 7.46. The minimum absolute atomic E-state index is 0.108. The standard InChI is InChI=1S/C28H31N3O4/c1-28(2,3)19-35-27(33)30-21-10-8-20(9-11-21)26(32)13-12-22-18-25(31-14-16-34-17-15-31)23-6-4-5-7-24(23)29-22/h4-13,18H,14-17,19H2,1-3H3,(H,30,33)/b13-12+. The van der Waals surface area contributed by atoms with Gasteiger partial charge in [0.1, 0.15) is 0 Å². The Morgan fingerprint density at radius 2 is 1.80 bits per heavy atom. The Labute approximate surface area is 205 Å². The minimum atomic E-state index is -0.516. The molecular weight excluding hydrogens is 442 g/mol. The topological polar surface area (TPSA) is 80.8 Å². The molecule has 1 fully saturated rings.